The number of carbonyl (C=O) groups is 1. The van der Waals surface area contributed by atoms with Gasteiger partial charge >= 0.3 is 0 Å². The monoisotopic (exact) mass is 286 g/mol. The Labute approximate surface area is 130 Å². The minimum atomic E-state index is 0.0612. The summed E-state index contributed by atoms with van der Waals surface area (Å²) in [5.74, 6) is 2.09. The fraction of sp³-hybridized carbons (Fsp3) is 0.650. The van der Waals surface area contributed by atoms with Gasteiger partial charge in [0.1, 0.15) is 0 Å². The van der Waals surface area contributed by atoms with E-state index in [9.17, 15) is 4.79 Å². The number of aryl methyl sites for hydroxylation is 1. The van der Waals surface area contributed by atoms with Crippen LogP contribution in [0.4, 0.5) is 0 Å². The van der Waals surface area contributed by atoms with Gasteiger partial charge in [-0.15, -0.1) is 0 Å². The molecule has 2 atom stereocenters. The second-order valence-electron chi connectivity index (χ2n) is 8.05. The molecule has 21 heavy (non-hydrogen) atoms. The summed E-state index contributed by atoms with van der Waals surface area (Å²) < 4.78 is 0. The van der Waals surface area contributed by atoms with Crippen molar-refractivity contribution in [2.45, 2.75) is 66.7 Å². The summed E-state index contributed by atoms with van der Waals surface area (Å²) in [4.78, 5) is 12.5. The van der Waals surface area contributed by atoms with Crippen LogP contribution in [-0.2, 0) is 5.41 Å². The first-order chi connectivity index (χ1) is 9.59. The Kier molecular flexibility index (Phi) is 4.08. The molecule has 1 aliphatic carbocycles. The maximum absolute atomic E-state index is 12.5. The molecule has 0 amide bonds. The average molecular weight is 286 g/mol. The van der Waals surface area contributed by atoms with Gasteiger partial charge in [-0.1, -0.05) is 54.5 Å². The molecule has 0 spiro atoms. The molecule has 1 aromatic carbocycles. The number of hydrogen-bond donors (Lipinski definition) is 0. The zero-order valence-corrected chi connectivity index (χ0v) is 14.9. The standard InChI is InChI=1S/C20H30O/c1-11(2)18-14(6)20(7,8)17-9-13(5)15(10-16(17)18)19(21)12(3)4/h9-12,14,18H,1-8H3. The van der Waals surface area contributed by atoms with Crippen LogP contribution in [0.1, 0.15) is 81.4 Å². The molecule has 2 rings (SSSR count). The third-order valence-corrected chi connectivity index (χ3v) is 5.63. The van der Waals surface area contributed by atoms with Crippen molar-refractivity contribution in [2.75, 3.05) is 0 Å². The van der Waals surface area contributed by atoms with Gasteiger partial charge in [-0.2, -0.15) is 0 Å². The number of carbonyl (C=O) groups excluding carboxylic acids is 1. The molecule has 1 aromatic rings. The minimum absolute atomic E-state index is 0.0612. The lowest BCUT2D eigenvalue weighted by molar-refractivity contribution is 0.0938. The van der Waals surface area contributed by atoms with E-state index in [1.807, 2.05) is 13.8 Å². The van der Waals surface area contributed by atoms with Gasteiger partial charge in [-0.05, 0) is 52.8 Å². The van der Waals surface area contributed by atoms with E-state index in [1.54, 1.807) is 0 Å². The lowest BCUT2D eigenvalue weighted by Crippen LogP contribution is -2.25. The first-order valence-corrected chi connectivity index (χ1v) is 8.28. The Hall–Kier alpha value is -1.11. The summed E-state index contributed by atoms with van der Waals surface area (Å²) in [7, 11) is 0. The Balaban J connectivity index is 2.65. The van der Waals surface area contributed by atoms with Gasteiger partial charge < -0.3 is 0 Å². The second kappa shape index (κ2) is 5.26. The molecule has 0 aliphatic heterocycles. The highest BCUT2D eigenvalue weighted by atomic mass is 16.1. The molecule has 0 N–H and O–H groups in total. The lowest BCUT2D eigenvalue weighted by atomic mass is 9.74. The number of benzene rings is 1. The summed E-state index contributed by atoms with van der Waals surface area (Å²) in [5, 5.41) is 0. The van der Waals surface area contributed by atoms with Crippen LogP contribution in [0.5, 0.6) is 0 Å². The van der Waals surface area contributed by atoms with Crippen molar-refractivity contribution in [1.29, 1.82) is 0 Å². The molecule has 0 heterocycles. The molecule has 0 bridgehead atoms. The van der Waals surface area contributed by atoms with Crippen molar-refractivity contribution in [1.82, 2.24) is 0 Å². The molecule has 1 aliphatic rings. The zero-order valence-electron chi connectivity index (χ0n) is 14.9. The fourth-order valence-electron chi connectivity index (χ4n) is 4.03. The number of hydrogen-bond acceptors (Lipinski definition) is 1. The first kappa shape index (κ1) is 16.3. The summed E-state index contributed by atoms with van der Waals surface area (Å²) in [6, 6.07) is 4.49. The van der Waals surface area contributed by atoms with E-state index in [1.165, 1.54) is 11.1 Å². The SMILES string of the molecule is Cc1cc2c(cc1C(=O)C(C)C)C(C(C)C)C(C)C2(C)C. The molecule has 0 radical (unpaired) electrons. The minimum Gasteiger partial charge on any atom is -0.294 e. The van der Waals surface area contributed by atoms with Crippen LogP contribution in [0, 0.1) is 24.7 Å². The average Bonchev–Trinajstić information content (AvgIpc) is 2.56. The van der Waals surface area contributed by atoms with Gasteiger partial charge in [-0.3, -0.25) is 4.79 Å². The summed E-state index contributed by atoms with van der Waals surface area (Å²) >= 11 is 0. The molecular formula is C20H30O. The largest absolute Gasteiger partial charge is 0.294 e. The van der Waals surface area contributed by atoms with E-state index in [0.29, 0.717) is 17.8 Å². The van der Waals surface area contributed by atoms with Crippen LogP contribution in [0.15, 0.2) is 12.1 Å². The maximum atomic E-state index is 12.5. The highest BCUT2D eigenvalue weighted by Crippen LogP contribution is 2.53. The van der Waals surface area contributed by atoms with E-state index in [-0.39, 0.29) is 17.1 Å². The van der Waals surface area contributed by atoms with E-state index >= 15 is 0 Å². The first-order valence-electron chi connectivity index (χ1n) is 8.28. The highest BCUT2D eigenvalue weighted by molar-refractivity contribution is 5.99. The van der Waals surface area contributed by atoms with Gasteiger partial charge in [0.15, 0.2) is 5.78 Å². The fourth-order valence-corrected chi connectivity index (χ4v) is 4.03. The van der Waals surface area contributed by atoms with Crippen molar-refractivity contribution < 1.29 is 4.79 Å². The third-order valence-electron chi connectivity index (χ3n) is 5.63. The topological polar surface area (TPSA) is 17.1 Å². The predicted octanol–water partition coefficient (Wildman–Crippen LogP) is 5.50. The molecule has 0 saturated carbocycles. The second-order valence-corrected chi connectivity index (χ2v) is 8.05. The Bertz CT molecular complexity index is 563. The molecule has 116 valence electrons. The van der Waals surface area contributed by atoms with Gasteiger partial charge in [0, 0.05) is 11.5 Å². The zero-order chi connectivity index (χ0) is 16.1. The molecule has 1 heteroatoms. The number of Topliss-reactive ketones (excluding diaryl/α,β-unsaturated/α-hetero) is 1. The van der Waals surface area contributed by atoms with E-state index in [4.69, 9.17) is 0 Å². The quantitative estimate of drug-likeness (QED) is 0.670. The Morgan fingerprint density at radius 2 is 1.71 bits per heavy atom. The normalized spacial score (nSPS) is 23.7. The van der Waals surface area contributed by atoms with Crippen molar-refractivity contribution in [3.63, 3.8) is 0 Å². The van der Waals surface area contributed by atoms with Gasteiger partial charge in [0.25, 0.3) is 0 Å². The number of fused-ring (bicyclic) bond motifs is 1. The smallest absolute Gasteiger partial charge is 0.165 e. The third kappa shape index (κ3) is 2.45. The maximum Gasteiger partial charge on any atom is 0.165 e. The molecule has 0 saturated heterocycles. The molecule has 1 nitrogen and oxygen atoms in total. The van der Waals surface area contributed by atoms with Crippen LogP contribution in [0.2, 0.25) is 0 Å². The van der Waals surface area contributed by atoms with Crippen LogP contribution in [0.3, 0.4) is 0 Å². The van der Waals surface area contributed by atoms with Crippen LogP contribution >= 0.6 is 0 Å². The molecule has 0 aromatic heterocycles. The van der Waals surface area contributed by atoms with Gasteiger partial charge in [0.05, 0.1) is 0 Å². The van der Waals surface area contributed by atoms with E-state index < -0.39 is 0 Å². The summed E-state index contributed by atoms with van der Waals surface area (Å²) in [6.07, 6.45) is 0. The van der Waals surface area contributed by atoms with E-state index in [0.717, 1.165) is 11.1 Å². The Morgan fingerprint density at radius 1 is 1.14 bits per heavy atom. The molecule has 0 fully saturated rings. The van der Waals surface area contributed by atoms with Crippen LogP contribution in [0.25, 0.3) is 0 Å². The van der Waals surface area contributed by atoms with Crippen LogP contribution < -0.4 is 0 Å². The molecule has 2 unspecified atom stereocenters. The van der Waals surface area contributed by atoms with Gasteiger partial charge in [0.2, 0.25) is 0 Å². The van der Waals surface area contributed by atoms with Gasteiger partial charge in [-0.25, -0.2) is 0 Å². The van der Waals surface area contributed by atoms with Crippen LogP contribution in [-0.4, -0.2) is 5.78 Å². The number of ketones is 1. The highest BCUT2D eigenvalue weighted by Gasteiger charge is 2.45. The lowest BCUT2D eigenvalue weighted by Gasteiger charge is -2.30. The van der Waals surface area contributed by atoms with E-state index in [2.05, 4.69) is 53.7 Å². The summed E-state index contributed by atoms with van der Waals surface area (Å²) in [6.45, 7) is 17.7. The molecular weight excluding hydrogens is 256 g/mol. The Morgan fingerprint density at radius 3 is 2.19 bits per heavy atom. The summed E-state index contributed by atoms with van der Waals surface area (Å²) in [5.41, 5.74) is 5.12. The van der Waals surface area contributed by atoms with Crippen molar-refractivity contribution in [3.05, 3.63) is 34.4 Å². The predicted molar refractivity (Wildman–Crippen MR) is 90.1 cm³/mol. The van der Waals surface area contributed by atoms with Crippen molar-refractivity contribution >= 4 is 5.78 Å². The van der Waals surface area contributed by atoms with Crippen molar-refractivity contribution in [3.8, 4) is 0 Å². The number of rotatable bonds is 3. The van der Waals surface area contributed by atoms with Crippen molar-refractivity contribution in [2.24, 2.45) is 17.8 Å².